The Morgan fingerprint density at radius 1 is 1.37 bits per heavy atom. The summed E-state index contributed by atoms with van der Waals surface area (Å²) in [6.45, 7) is 0.603. The Bertz CT molecular complexity index is 702. The number of imidazole rings is 1. The number of carbonyl (C=O) groups is 1. The lowest BCUT2D eigenvalue weighted by Gasteiger charge is -2.16. The molecule has 0 N–H and O–H groups in total. The van der Waals surface area contributed by atoms with E-state index in [0.29, 0.717) is 12.2 Å². The van der Waals surface area contributed by atoms with Crippen LogP contribution in [-0.2, 0) is 6.54 Å². The first-order valence-corrected chi connectivity index (χ1v) is 6.83. The Kier molecular flexibility index (Phi) is 3.05. The summed E-state index contributed by atoms with van der Waals surface area (Å²) in [5, 5.41) is 1.85. The fourth-order valence-electron chi connectivity index (χ4n) is 2.00. The van der Waals surface area contributed by atoms with Gasteiger partial charge in [-0.05, 0) is 5.56 Å². The monoisotopic (exact) mass is 271 g/mol. The molecule has 19 heavy (non-hydrogen) atoms. The molecular formula is C14H13N3OS. The molecule has 2 aromatic heterocycles. The summed E-state index contributed by atoms with van der Waals surface area (Å²) in [5.74, 6) is 0.00750. The van der Waals surface area contributed by atoms with Crippen LogP contribution in [0.2, 0.25) is 0 Å². The second-order valence-corrected chi connectivity index (χ2v) is 5.18. The fourth-order valence-corrected chi connectivity index (χ4v) is 2.83. The topological polar surface area (TPSA) is 37.6 Å². The molecule has 0 bridgehead atoms. The molecule has 0 aliphatic carbocycles. The van der Waals surface area contributed by atoms with Crippen LogP contribution in [0.5, 0.6) is 0 Å². The van der Waals surface area contributed by atoms with E-state index in [1.165, 1.54) is 11.3 Å². The minimum Gasteiger partial charge on any atom is -0.336 e. The van der Waals surface area contributed by atoms with Crippen molar-refractivity contribution >= 4 is 22.2 Å². The molecular weight excluding hydrogens is 258 g/mol. The van der Waals surface area contributed by atoms with Gasteiger partial charge in [-0.25, -0.2) is 4.98 Å². The van der Waals surface area contributed by atoms with Crippen molar-refractivity contribution < 1.29 is 4.79 Å². The summed E-state index contributed by atoms with van der Waals surface area (Å²) < 4.78 is 1.83. The van der Waals surface area contributed by atoms with Crippen LogP contribution >= 0.6 is 11.3 Å². The quantitative estimate of drug-likeness (QED) is 0.734. The predicted octanol–water partition coefficient (Wildman–Crippen LogP) is 2.67. The molecule has 0 unspecified atom stereocenters. The van der Waals surface area contributed by atoms with Gasteiger partial charge in [0.15, 0.2) is 4.96 Å². The van der Waals surface area contributed by atoms with Gasteiger partial charge in [0.2, 0.25) is 0 Å². The Labute approximate surface area is 114 Å². The third-order valence-corrected chi connectivity index (χ3v) is 3.82. The number of rotatable bonds is 3. The van der Waals surface area contributed by atoms with Crippen LogP contribution in [0.3, 0.4) is 0 Å². The summed E-state index contributed by atoms with van der Waals surface area (Å²) in [4.78, 5) is 19.1. The number of hydrogen-bond donors (Lipinski definition) is 0. The summed E-state index contributed by atoms with van der Waals surface area (Å²) in [7, 11) is 1.82. The van der Waals surface area contributed by atoms with Crippen molar-refractivity contribution in [3.05, 3.63) is 59.4 Å². The lowest BCUT2D eigenvalue weighted by molar-refractivity contribution is 0.0778. The maximum absolute atomic E-state index is 12.4. The minimum absolute atomic E-state index is 0.00750. The SMILES string of the molecule is CN(Cc1ccccc1)C(=O)c1csc2nccn12. The lowest BCUT2D eigenvalue weighted by atomic mass is 10.2. The summed E-state index contributed by atoms with van der Waals surface area (Å²) in [5.41, 5.74) is 1.78. The van der Waals surface area contributed by atoms with E-state index in [1.807, 2.05) is 53.4 Å². The highest BCUT2D eigenvalue weighted by Crippen LogP contribution is 2.16. The number of thiazole rings is 1. The maximum Gasteiger partial charge on any atom is 0.271 e. The first kappa shape index (κ1) is 11.9. The summed E-state index contributed by atoms with van der Waals surface area (Å²) >= 11 is 1.48. The molecule has 0 aliphatic heterocycles. The number of nitrogens with zero attached hydrogens (tertiary/aromatic N) is 3. The number of fused-ring (bicyclic) bond motifs is 1. The highest BCUT2D eigenvalue weighted by atomic mass is 32.1. The normalized spacial score (nSPS) is 10.8. The van der Waals surface area contributed by atoms with Gasteiger partial charge in [0.05, 0.1) is 0 Å². The smallest absolute Gasteiger partial charge is 0.271 e. The second-order valence-electron chi connectivity index (χ2n) is 4.35. The predicted molar refractivity (Wildman–Crippen MR) is 75.3 cm³/mol. The van der Waals surface area contributed by atoms with Gasteiger partial charge < -0.3 is 4.90 Å². The average molecular weight is 271 g/mol. The van der Waals surface area contributed by atoms with Gasteiger partial charge in [-0.3, -0.25) is 9.20 Å². The zero-order valence-electron chi connectivity index (χ0n) is 10.5. The van der Waals surface area contributed by atoms with Crippen LogP contribution in [0.4, 0.5) is 0 Å². The van der Waals surface area contributed by atoms with Gasteiger partial charge >= 0.3 is 0 Å². The van der Waals surface area contributed by atoms with E-state index < -0.39 is 0 Å². The highest BCUT2D eigenvalue weighted by Gasteiger charge is 2.16. The Morgan fingerprint density at radius 3 is 2.95 bits per heavy atom. The Morgan fingerprint density at radius 2 is 2.16 bits per heavy atom. The van der Waals surface area contributed by atoms with Crippen molar-refractivity contribution in [2.45, 2.75) is 6.54 Å². The van der Waals surface area contributed by atoms with E-state index in [9.17, 15) is 4.79 Å². The maximum atomic E-state index is 12.4. The lowest BCUT2D eigenvalue weighted by Crippen LogP contribution is -2.27. The largest absolute Gasteiger partial charge is 0.336 e. The zero-order valence-corrected chi connectivity index (χ0v) is 11.3. The van der Waals surface area contributed by atoms with E-state index in [2.05, 4.69) is 4.98 Å². The van der Waals surface area contributed by atoms with E-state index in [4.69, 9.17) is 0 Å². The molecule has 0 saturated heterocycles. The van der Waals surface area contributed by atoms with Gasteiger partial charge in [-0.1, -0.05) is 30.3 Å². The molecule has 96 valence electrons. The number of benzene rings is 1. The highest BCUT2D eigenvalue weighted by molar-refractivity contribution is 7.15. The molecule has 5 heteroatoms. The van der Waals surface area contributed by atoms with Gasteiger partial charge in [0.1, 0.15) is 5.69 Å². The van der Waals surface area contributed by atoms with E-state index >= 15 is 0 Å². The van der Waals surface area contributed by atoms with Crippen molar-refractivity contribution in [3.8, 4) is 0 Å². The molecule has 2 heterocycles. The van der Waals surface area contributed by atoms with Crippen molar-refractivity contribution in [3.63, 3.8) is 0 Å². The third kappa shape index (κ3) is 2.24. The van der Waals surface area contributed by atoms with Crippen LogP contribution in [0, 0.1) is 0 Å². The van der Waals surface area contributed by atoms with Crippen molar-refractivity contribution in [1.29, 1.82) is 0 Å². The van der Waals surface area contributed by atoms with Gasteiger partial charge in [-0.2, -0.15) is 0 Å². The zero-order chi connectivity index (χ0) is 13.2. The van der Waals surface area contributed by atoms with Crippen molar-refractivity contribution in [2.75, 3.05) is 7.05 Å². The van der Waals surface area contributed by atoms with Crippen LogP contribution in [0.15, 0.2) is 48.1 Å². The molecule has 0 radical (unpaired) electrons. The Balaban J connectivity index is 1.82. The van der Waals surface area contributed by atoms with Crippen LogP contribution in [0.25, 0.3) is 4.96 Å². The molecule has 1 aromatic carbocycles. The molecule has 3 rings (SSSR count). The third-order valence-electron chi connectivity index (χ3n) is 2.97. The van der Waals surface area contributed by atoms with Gasteiger partial charge in [0, 0.05) is 31.4 Å². The molecule has 4 nitrogen and oxygen atoms in total. The second kappa shape index (κ2) is 4.85. The average Bonchev–Trinajstić information content (AvgIpc) is 3.01. The minimum atomic E-state index is 0.00750. The fraction of sp³-hybridized carbons (Fsp3) is 0.143. The molecule has 0 spiro atoms. The first-order valence-electron chi connectivity index (χ1n) is 5.95. The molecule has 0 fully saturated rings. The van der Waals surface area contributed by atoms with Gasteiger partial charge in [0.25, 0.3) is 5.91 Å². The van der Waals surface area contributed by atoms with E-state index in [-0.39, 0.29) is 5.91 Å². The number of aromatic nitrogens is 2. The van der Waals surface area contributed by atoms with E-state index in [1.54, 1.807) is 11.1 Å². The van der Waals surface area contributed by atoms with Crippen LogP contribution in [-0.4, -0.2) is 27.2 Å². The number of hydrogen-bond acceptors (Lipinski definition) is 3. The standard InChI is InChI=1S/C14H13N3OS/c1-16(9-11-5-3-2-4-6-11)13(18)12-10-19-14-15-7-8-17(12)14/h2-8,10H,9H2,1H3. The van der Waals surface area contributed by atoms with Crippen molar-refractivity contribution in [2.24, 2.45) is 0 Å². The number of carbonyl (C=O) groups excluding carboxylic acids is 1. The summed E-state index contributed by atoms with van der Waals surface area (Å²) in [6.07, 6.45) is 3.52. The molecule has 0 atom stereocenters. The molecule has 0 saturated carbocycles. The summed E-state index contributed by atoms with van der Waals surface area (Å²) in [6, 6.07) is 9.96. The van der Waals surface area contributed by atoms with Crippen LogP contribution in [0.1, 0.15) is 16.1 Å². The molecule has 1 amide bonds. The Hall–Kier alpha value is -2.14. The van der Waals surface area contributed by atoms with Crippen LogP contribution < -0.4 is 0 Å². The number of amides is 1. The van der Waals surface area contributed by atoms with Gasteiger partial charge in [-0.15, -0.1) is 11.3 Å². The van der Waals surface area contributed by atoms with E-state index in [0.717, 1.165) is 10.5 Å². The first-order chi connectivity index (χ1) is 9.25. The molecule has 3 aromatic rings. The van der Waals surface area contributed by atoms with Crippen molar-refractivity contribution in [1.82, 2.24) is 14.3 Å². The molecule has 0 aliphatic rings.